The summed E-state index contributed by atoms with van der Waals surface area (Å²) in [5.74, 6) is 0.869. The molecule has 1 N–H and O–H groups in total. The van der Waals surface area contributed by atoms with Crippen LogP contribution in [0.5, 0.6) is 0 Å². The van der Waals surface area contributed by atoms with Crippen LogP contribution < -0.4 is 10.5 Å². The number of rotatable bonds is 4. The van der Waals surface area contributed by atoms with Gasteiger partial charge in [-0.25, -0.2) is 0 Å². The summed E-state index contributed by atoms with van der Waals surface area (Å²) in [5, 5.41) is 8.96. The highest BCUT2D eigenvalue weighted by Gasteiger charge is 2.28. The normalized spacial score (nSPS) is 16.0. The van der Waals surface area contributed by atoms with E-state index in [9.17, 15) is 4.79 Å². The van der Waals surface area contributed by atoms with Crippen LogP contribution in [0, 0.1) is 6.92 Å². The SMILES string of the molecule is CCn1c2c(cc(C)c1=O)N=CC1=CN(CCCO)CN12. The third kappa shape index (κ3) is 2.25. The number of anilines is 1. The molecule has 6 nitrogen and oxygen atoms in total. The summed E-state index contributed by atoms with van der Waals surface area (Å²) in [5.41, 5.74) is 2.60. The molecular weight excluding hydrogens is 268 g/mol. The van der Waals surface area contributed by atoms with Gasteiger partial charge in [-0.3, -0.25) is 14.4 Å². The van der Waals surface area contributed by atoms with Crippen LogP contribution in [0.3, 0.4) is 0 Å². The summed E-state index contributed by atoms with van der Waals surface area (Å²) in [6.45, 7) is 6.09. The minimum absolute atomic E-state index is 0.0431. The molecule has 2 aliphatic rings. The molecule has 1 aromatic heterocycles. The summed E-state index contributed by atoms with van der Waals surface area (Å²) in [6, 6.07) is 1.85. The number of fused-ring (bicyclic) bond motifs is 3. The Labute approximate surface area is 123 Å². The van der Waals surface area contributed by atoms with Crippen molar-refractivity contribution in [1.82, 2.24) is 9.47 Å². The van der Waals surface area contributed by atoms with Crippen LogP contribution in [0.2, 0.25) is 0 Å². The molecular formula is C15H20N4O2. The zero-order chi connectivity index (χ0) is 15.0. The predicted molar refractivity (Wildman–Crippen MR) is 83.1 cm³/mol. The van der Waals surface area contributed by atoms with Gasteiger partial charge >= 0.3 is 0 Å². The minimum Gasteiger partial charge on any atom is -0.396 e. The maximum atomic E-state index is 12.3. The van der Waals surface area contributed by atoms with Gasteiger partial charge < -0.3 is 14.9 Å². The van der Waals surface area contributed by atoms with Crippen molar-refractivity contribution >= 4 is 17.7 Å². The largest absolute Gasteiger partial charge is 0.396 e. The van der Waals surface area contributed by atoms with Crippen LogP contribution in [0.4, 0.5) is 11.5 Å². The summed E-state index contributed by atoms with van der Waals surface area (Å²) < 4.78 is 1.78. The van der Waals surface area contributed by atoms with Gasteiger partial charge in [0.2, 0.25) is 0 Å². The lowest BCUT2D eigenvalue weighted by molar-refractivity contribution is 0.263. The molecule has 112 valence electrons. The average Bonchev–Trinajstić information content (AvgIpc) is 2.89. The van der Waals surface area contributed by atoms with E-state index in [2.05, 4.69) is 14.8 Å². The van der Waals surface area contributed by atoms with Crippen molar-refractivity contribution in [2.45, 2.75) is 26.8 Å². The predicted octanol–water partition coefficient (Wildman–Crippen LogP) is 1.20. The van der Waals surface area contributed by atoms with Crippen LogP contribution in [0.15, 0.2) is 27.8 Å². The number of hydrogen-bond acceptors (Lipinski definition) is 5. The summed E-state index contributed by atoms with van der Waals surface area (Å²) in [4.78, 5) is 21.1. The van der Waals surface area contributed by atoms with E-state index in [4.69, 9.17) is 5.11 Å². The van der Waals surface area contributed by atoms with Crippen molar-refractivity contribution in [2.75, 3.05) is 24.7 Å². The smallest absolute Gasteiger partial charge is 0.255 e. The quantitative estimate of drug-likeness (QED) is 0.904. The van der Waals surface area contributed by atoms with Gasteiger partial charge in [0.15, 0.2) is 0 Å². The van der Waals surface area contributed by atoms with Crippen LogP contribution in [-0.2, 0) is 6.54 Å². The lowest BCUT2D eigenvalue weighted by Crippen LogP contribution is -2.35. The van der Waals surface area contributed by atoms with Crippen LogP contribution in [0.25, 0.3) is 0 Å². The minimum atomic E-state index is 0.0431. The number of pyridine rings is 1. The monoisotopic (exact) mass is 288 g/mol. The van der Waals surface area contributed by atoms with Gasteiger partial charge in [0.05, 0.1) is 18.6 Å². The molecule has 0 fully saturated rings. The third-order valence-electron chi connectivity index (χ3n) is 3.88. The molecule has 0 aliphatic carbocycles. The van der Waals surface area contributed by atoms with E-state index < -0.39 is 0 Å². The van der Waals surface area contributed by atoms with Gasteiger partial charge in [0.25, 0.3) is 5.56 Å². The molecule has 21 heavy (non-hydrogen) atoms. The number of aromatic nitrogens is 1. The zero-order valence-corrected chi connectivity index (χ0v) is 12.4. The van der Waals surface area contributed by atoms with Gasteiger partial charge in [-0.05, 0) is 26.3 Å². The molecule has 3 heterocycles. The van der Waals surface area contributed by atoms with Crippen molar-refractivity contribution < 1.29 is 5.11 Å². The highest BCUT2D eigenvalue weighted by Crippen LogP contribution is 2.36. The molecule has 0 unspecified atom stereocenters. The second kappa shape index (κ2) is 5.37. The Kier molecular flexibility index (Phi) is 3.55. The second-order valence-electron chi connectivity index (χ2n) is 5.36. The Morgan fingerprint density at radius 1 is 1.43 bits per heavy atom. The number of aryl methyl sites for hydroxylation is 1. The molecule has 0 saturated carbocycles. The highest BCUT2D eigenvalue weighted by atomic mass is 16.3. The van der Waals surface area contributed by atoms with E-state index in [1.165, 1.54) is 0 Å². The maximum Gasteiger partial charge on any atom is 0.255 e. The first-order chi connectivity index (χ1) is 10.2. The second-order valence-corrected chi connectivity index (χ2v) is 5.36. The third-order valence-corrected chi connectivity index (χ3v) is 3.88. The van der Waals surface area contributed by atoms with Crippen molar-refractivity contribution in [3.8, 4) is 0 Å². The summed E-state index contributed by atoms with van der Waals surface area (Å²) in [6.07, 6.45) is 4.60. The average molecular weight is 288 g/mol. The molecule has 0 amide bonds. The Bertz CT molecular complexity index is 675. The summed E-state index contributed by atoms with van der Waals surface area (Å²) in [7, 11) is 0. The van der Waals surface area contributed by atoms with E-state index in [1.54, 1.807) is 4.57 Å². The van der Waals surface area contributed by atoms with E-state index in [0.717, 1.165) is 35.7 Å². The maximum absolute atomic E-state index is 12.3. The molecule has 0 aromatic carbocycles. The number of nitrogens with zero attached hydrogens (tertiary/aromatic N) is 4. The Hall–Kier alpha value is -2.08. The first-order valence-corrected chi connectivity index (χ1v) is 7.28. The van der Waals surface area contributed by atoms with E-state index in [-0.39, 0.29) is 12.2 Å². The van der Waals surface area contributed by atoms with Gasteiger partial charge in [0, 0.05) is 31.5 Å². The zero-order valence-electron chi connectivity index (χ0n) is 12.4. The van der Waals surface area contributed by atoms with Crippen molar-refractivity contribution in [2.24, 2.45) is 4.99 Å². The molecule has 0 bridgehead atoms. The molecule has 0 radical (unpaired) electrons. The number of hydrogen-bond donors (Lipinski definition) is 1. The Balaban J connectivity index is 2.02. The first kappa shape index (κ1) is 13.9. The summed E-state index contributed by atoms with van der Waals surface area (Å²) >= 11 is 0. The van der Waals surface area contributed by atoms with Crippen LogP contribution >= 0.6 is 0 Å². The molecule has 6 heteroatoms. The van der Waals surface area contributed by atoms with Gasteiger partial charge in [-0.2, -0.15) is 0 Å². The topological polar surface area (TPSA) is 61.1 Å². The lowest BCUT2D eigenvalue weighted by Gasteiger charge is -2.29. The number of aliphatic imine (C=N–C) groups is 1. The Morgan fingerprint density at radius 2 is 2.24 bits per heavy atom. The van der Waals surface area contributed by atoms with Crippen LogP contribution in [0.1, 0.15) is 18.9 Å². The molecule has 0 saturated heterocycles. The lowest BCUT2D eigenvalue weighted by atomic mass is 10.2. The number of aliphatic hydroxyl groups is 1. The van der Waals surface area contributed by atoms with Gasteiger partial charge in [-0.15, -0.1) is 0 Å². The van der Waals surface area contributed by atoms with E-state index in [0.29, 0.717) is 13.2 Å². The fourth-order valence-corrected chi connectivity index (χ4v) is 2.85. The van der Waals surface area contributed by atoms with Crippen LogP contribution in [-0.4, -0.2) is 40.6 Å². The first-order valence-electron chi connectivity index (χ1n) is 7.28. The van der Waals surface area contributed by atoms with E-state index in [1.807, 2.05) is 32.3 Å². The fraction of sp³-hybridized carbons (Fsp3) is 0.467. The fourth-order valence-electron chi connectivity index (χ4n) is 2.85. The highest BCUT2D eigenvalue weighted by molar-refractivity contribution is 5.93. The van der Waals surface area contributed by atoms with Gasteiger partial charge in [0.1, 0.15) is 11.5 Å². The van der Waals surface area contributed by atoms with Crippen molar-refractivity contribution in [3.63, 3.8) is 0 Å². The Morgan fingerprint density at radius 3 is 2.95 bits per heavy atom. The molecule has 0 spiro atoms. The molecule has 0 atom stereocenters. The van der Waals surface area contributed by atoms with E-state index >= 15 is 0 Å². The number of allylic oxidation sites excluding steroid dienone is 1. The molecule has 2 aliphatic heterocycles. The number of aliphatic hydroxyl groups excluding tert-OH is 1. The van der Waals surface area contributed by atoms with Crippen molar-refractivity contribution in [1.29, 1.82) is 0 Å². The standard InChI is InChI=1S/C15H20N4O2/c1-3-18-14-13(7-11(2)15(18)21)16-8-12-9-17(5-4-6-20)10-19(12)14/h7-9,20H,3-6,10H2,1-2H3. The van der Waals surface area contributed by atoms with Gasteiger partial charge in [-0.1, -0.05) is 0 Å². The van der Waals surface area contributed by atoms with Crippen molar-refractivity contribution in [3.05, 3.63) is 33.9 Å². The molecule has 3 rings (SSSR count). The molecule has 1 aromatic rings.